The maximum atomic E-state index is 11.8. The molecule has 0 aromatic carbocycles. The molecule has 1 atom stereocenters. The SMILES string of the molecule is O=C(CCC1CCCNC1)Nc1cc(Cl)ccn1. The molecule has 0 spiro atoms. The fourth-order valence-electron chi connectivity index (χ4n) is 2.18. The van der Waals surface area contributed by atoms with Crippen molar-refractivity contribution in [1.82, 2.24) is 10.3 Å². The van der Waals surface area contributed by atoms with Gasteiger partial charge in [-0.1, -0.05) is 11.6 Å². The quantitative estimate of drug-likeness (QED) is 0.881. The molecule has 4 nitrogen and oxygen atoms in total. The highest BCUT2D eigenvalue weighted by atomic mass is 35.5. The maximum absolute atomic E-state index is 11.8. The number of pyridine rings is 1. The van der Waals surface area contributed by atoms with Crippen LogP contribution >= 0.6 is 11.6 Å². The topological polar surface area (TPSA) is 54.0 Å². The molecule has 1 amide bonds. The van der Waals surface area contributed by atoms with E-state index < -0.39 is 0 Å². The zero-order valence-corrected chi connectivity index (χ0v) is 11.0. The Kier molecular flexibility index (Phi) is 4.96. The van der Waals surface area contributed by atoms with Gasteiger partial charge in [0.15, 0.2) is 0 Å². The molecule has 5 heteroatoms. The highest BCUT2D eigenvalue weighted by Crippen LogP contribution is 2.17. The number of anilines is 1. The van der Waals surface area contributed by atoms with E-state index in [0.29, 0.717) is 23.2 Å². The molecule has 0 saturated carbocycles. The van der Waals surface area contributed by atoms with Gasteiger partial charge in [0.2, 0.25) is 5.91 Å². The standard InChI is InChI=1S/C13H18ClN3O/c14-11-5-7-16-12(8-11)17-13(18)4-3-10-2-1-6-15-9-10/h5,7-8,10,15H,1-4,6,9H2,(H,16,17,18). The average Bonchev–Trinajstić information content (AvgIpc) is 2.38. The Balaban J connectivity index is 1.74. The van der Waals surface area contributed by atoms with Crippen LogP contribution in [-0.4, -0.2) is 24.0 Å². The van der Waals surface area contributed by atoms with E-state index in [0.717, 1.165) is 19.5 Å². The molecule has 1 unspecified atom stereocenters. The lowest BCUT2D eigenvalue weighted by atomic mass is 9.94. The fraction of sp³-hybridized carbons (Fsp3) is 0.538. The minimum absolute atomic E-state index is 0.00957. The van der Waals surface area contributed by atoms with Crippen LogP contribution in [0.25, 0.3) is 0 Å². The lowest BCUT2D eigenvalue weighted by Crippen LogP contribution is -2.30. The molecule has 1 aromatic heterocycles. The molecule has 98 valence electrons. The van der Waals surface area contributed by atoms with E-state index in [1.54, 1.807) is 18.3 Å². The smallest absolute Gasteiger partial charge is 0.225 e. The molecule has 18 heavy (non-hydrogen) atoms. The normalized spacial score (nSPS) is 19.5. The van der Waals surface area contributed by atoms with E-state index in [1.165, 1.54) is 12.8 Å². The third kappa shape index (κ3) is 4.27. The van der Waals surface area contributed by atoms with Gasteiger partial charge in [0.05, 0.1) is 0 Å². The van der Waals surface area contributed by atoms with E-state index in [-0.39, 0.29) is 5.91 Å². The van der Waals surface area contributed by atoms with Gasteiger partial charge in [-0.05, 0) is 50.4 Å². The third-order valence-corrected chi connectivity index (χ3v) is 3.40. The summed E-state index contributed by atoms with van der Waals surface area (Å²) < 4.78 is 0. The predicted molar refractivity (Wildman–Crippen MR) is 72.7 cm³/mol. The number of rotatable bonds is 4. The summed E-state index contributed by atoms with van der Waals surface area (Å²) in [4.78, 5) is 15.8. The summed E-state index contributed by atoms with van der Waals surface area (Å²) in [6.45, 7) is 2.14. The van der Waals surface area contributed by atoms with Crippen LogP contribution in [0.4, 0.5) is 5.82 Å². The monoisotopic (exact) mass is 267 g/mol. The van der Waals surface area contributed by atoms with Crippen molar-refractivity contribution < 1.29 is 4.79 Å². The molecule has 2 N–H and O–H groups in total. The van der Waals surface area contributed by atoms with Crippen LogP contribution in [0.5, 0.6) is 0 Å². The first-order chi connectivity index (χ1) is 8.74. The van der Waals surface area contributed by atoms with Gasteiger partial charge in [0.25, 0.3) is 0 Å². The van der Waals surface area contributed by atoms with Gasteiger partial charge in [0, 0.05) is 17.6 Å². The minimum Gasteiger partial charge on any atom is -0.316 e. The van der Waals surface area contributed by atoms with Crippen molar-refractivity contribution in [2.45, 2.75) is 25.7 Å². The first-order valence-electron chi connectivity index (χ1n) is 6.36. The summed E-state index contributed by atoms with van der Waals surface area (Å²) >= 11 is 5.83. The molecular formula is C13H18ClN3O. The summed E-state index contributed by atoms with van der Waals surface area (Å²) in [5.74, 6) is 1.15. The van der Waals surface area contributed by atoms with Gasteiger partial charge in [-0.25, -0.2) is 4.98 Å². The van der Waals surface area contributed by atoms with Crippen molar-refractivity contribution in [2.24, 2.45) is 5.92 Å². The second kappa shape index (κ2) is 6.71. The third-order valence-electron chi connectivity index (χ3n) is 3.17. The van der Waals surface area contributed by atoms with Crippen LogP contribution < -0.4 is 10.6 Å². The Hall–Kier alpha value is -1.13. The van der Waals surface area contributed by atoms with E-state index in [4.69, 9.17) is 11.6 Å². The molecule has 1 aliphatic rings. The number of halogens is 1. The van der Waals surface area contributed by atoms with Gasteiger partial charge < -0.3 is 10.6 Å². The van der Waals surface area contributed by atoms with Crippen molar-refractivity contribution in [3.05, 3.63) is 23.4 Å². The first-order valence-corrected chi connectivity index (χ1v) is 6.74. The molecule has 0 bridgehead atoms. The minimum atomic E-state index is 0.00957. The van der Waals surface area contributed by atoms with Gasteiger partial charge >= 0.3 is 0 Å². The van der Waals surface area contributed by atoms with E-state index in [9.17, 15) is 4.79 Å². The van der Waals surface area contributed by atoms with Crippen molar-refractivity contribution in [3.63, 3.8) is 0 Å². The summed E-state index contributed by atoms with van der Waals surface area (Å²) in [5.41, 5.74) is 0. The van der Waals surface area contributed by atoms with Gasteiger partial charge in [-0.2, -0.15) is 0 Å². The number of nitrogens with one attached hydrogen (secondary N) is 2. The predicted octanol–water partition coefficient (Wildman–Crippen LogP) is 2.45. The highest BCUT2D eigenvalue weighted by Gasteiger charge is 2.14. The summed E-state index contributed by atoms with van der Waals surface area (Å²) in [6, 6.07) is 3.34. The van der Waals surface area contributed by atoms with Crippen molar-refractivity contribution in [3.8, 4) is 0 Å². The molecule has 1 saturated heterocycles. The number of amides is 1. The second-order valence-electron chi connectivity index (χ2n) is 4.66. The summed E-state index contributed by atoms with van der Waals surface area (Å²) in [7, 11) is 0. The summed E-state index contributed by atoms with van der Waals surface area (Å²) in [6.07, 6.45) is 5.49. The Morgan fingerprint density at radius 2 is 2.50 bits per heavy atom. The lowest BCUT2D eigenvalue weighted by Gasteiger charge is -2.22. The fourth-order valence-corrected chi connectivity index (χ4v) is 2.34. The van der Waals surface area contributed by atoms with Crippen LogP contribution in [0.15, 0.2) is 18.3 Å². The number of carbonyl (C=O) groups is 1. The van der Waals surface area contributed by atoms with Gasteiger partial charge in [-0.3, -0.25) is 4.79 Å². The average molecular weight is 268 g/mol. The molecule has 2 rings (SSSR count). The number of carbonyl (C=O) groups excluding carboxylic acids is 1. The molecule has 1 fully saturated rings. The van der Waals surface area contributed by atoms with E-state index >= 15 is 0 Å². The largest absolute Gasteiger partial charge is 0.316 e. The van der Waals surface area contributed by atoms with E-state index in [2.05, 4.69) is 15.6 Å². The van der Waals surface area contributed by atoms with Crippen LogP contribution in [0.1, 0.15) is 25.7 Å². The van der Waals surface area contributed by atoms with Crippen molar-refractivity contribution >= 4 is 23.3 Å². The summed E-state index contributed by atoms with van der Waals surface area (Å²) in [5, 5.41) is 6.70. The van der Waals surface area contributed by atoms with Crippen LogP contribution in [-0.2, 0) is 4.79 Å². The van der Waals surface area contributed by atoms with Crippen molar-refractivity contribution in [1.29, 1.82) is 0 Å². The number of hydrogen-bond donors (Lipinski definition) is 2. The number of nitrogens with zero attached hydrogens (tertiary/aromatic N) is 1. The number of aromatic nitrogens is 1. The first kappa shape index (κ1) is 13.3. The number of piperidine rings is 1. The van der Waals surface area contributed by atoms with Crippen molar-refractivity contribution in [2.75, 3.05) is 18.4 Å². The maximum Gasteiger partial charge on any atom is 0.225 e. The number of hydrogen-bond acceptors (Lipinski definition) is 3. The van der Waals surface area contributed by atoms with Crippen LogP contribution in [0.3, 0.4) is 0 Å². The molecule has 1 aliphatic heterocycles. The Labute approximate surface area is 112 Å². The molecule has 1 aromatic rings. The molecule has 0 radical (unpaired) electrons. The van der Waals surface area contributed by atoms with Crippen LogP contribution in [0, 0.1) is 5.92 Å². The van der Waals surface area contributed by atoms with Gasteiger partial charge in [0.1, 0.15) is 5.82 Å². The Bertz CT molecular complexity index is 405. The zero-order chi connectivity index (χ0) is 12.8. The molecular weight excluding hydrogens is 250 g/mol. The zero-order valence-electron chi connectivity index (χ0n) is 10.3. The Morgan fingerprint density at radius 3 is 3.22 bits per heavy atom. The molecule has 2 heterocycles. The second-order valence-corrected chi connectivity index (χ2v) is 5.09. The van der Waals surface area contributed by atoms with Gasteiger partial charge in [-0.15, -0.1) is 0 Å². The lowest BCUT2D eigenvalue weighted by molar-refractivity contribution is -0.116. The molecule has 0 aliphatic carbocycles. The Morgan fingerprint density at radius 1 is 1.61 bits per heavy atom. The van der Waals surface area contributed by atoms with Crippen LogP contribution in [0.2, 0.25) is 5.02 Å². The highest BCUT2D eigenvalue weighted by molar-refractivity contribution is 6.30. The van der Waals surface area contributed by atoms with E-state index in [1.807, 2.05) is 0 Å².